The maximum Gasteiger partial charge on any atom is 0.256 e. The summed E-state index contributed by atoms with van der Waals surface area (Å²) in [5.74, 6) is -0.444. The highest BCUT2D eigenvalue weighted by Crippen LogP contribution is 2.40. The normalized spacial score (nSPS) is 14.1. The van der Waals surface area contributed by atoms with E-state index in [2.05, 4.69) is 31.3 Å². The molecule has 1 aliphatic rings. The van der Waals surface area contributed by atoms with Gasteiger partial charge in [-0.1, -0.05) is 15.9 Å². The number of hydrogen-bond acceptors (Lipinski definition) is 3. The van der Waals surface area contributed by atoms with Crippen LogP contribution in [0, 0.1) is 12.7 Å². The first-order valence-corrected chi connectivity index (χ1v) is 8.84. The van der Waals surface area contributed by atoms with E-state index in [-0.39, 0.29) is 11.6 Å². The van der Waals surface area contributed by atoms with Gasteiger partial charge in [0.05, 0.1) is 22.3 Å². The molecular formula is C18H16BrFN4O. The summed E-state index contributed by atoms with van der Waals surface area (Å²) in [7, 11) is 1.81. The van der Waals surface area contributed by atoms with Crippen molar-refractivity contribution in [3.63, 3.8) is 0 Å². The average molecular weight is 403 g/mol. The van der Waals surface area contributed by atoms with Gasteiger partial charge in [0.15, 0.2) is 5.65 Å². The monoisotopic (exact) mass is 402 g/mol. The van der Waals surface area contributed by atoms with Crippen LogP contribution in [-0.4, -0.2) is 20.7 Å². The quantitative estimate of drug-likeness (QED) is 0.709. The van der Waals surface area contributed by atoms with E-state index in [1.165, 1.54) is 12.1 Å². The van der Waals surface area contributed by atoms with Crippen LogP contribution in [0.1, 0.15) is 40.5 Å². The molecule has 7 heteroatoms. The van der Waals surface area contributed by atoms with E-state index in [1.807, 2.05) is 20.0 Å². The van der Waals surface area contributed by atoms with Crippen LogP contribution in [0.4, 0.5) is 10.1 Å². The maximum absolute atomic E-state index is 14.1. The van der Waals surface area contributed by atoms with Crippen molar-refractivity contribution in [3.05, 3.63) is 51.5 Å². The standard InChI is InChI=1S/C18H16BrFN4O/c1-9-16-12(18(25)22-14-6-5-11(19)7-13(14)20)8-15(10-3-4-10)21-17(16)24(2)23-9/h5-8,10H,3-4H2,1-2H3,(H,22,25). The van der Waals surface area contributed by atoms with E-state index in [1.54, 1.807) is 10.7 Å². The predicted molar refractivity (Wildman–Crippen MR) is 97.3 cm³/mol. The number of nitrogens with zero attached hydrogens (tertiary/aromatic N) is 3. The number of carbonyl (C=O) groups excluding carboxylic acids is 1. The zero-order valence-corrected chi connectivity index (χ0v) is 15.4. The van der Waals surface area contributed by atoms with Crippen molar-refractivity contribution in [3.8, 4) is 0 Å². The number of hydrogen-bond donors (Lipinski definition) is 1. The maximum atomic E-state index is 14.1. The molecule has 0 spiro atoms. The lowest BCUT2D eigenvalue weighted by atomic mass is 10.1. The Labute approximate surface area is 152 Å². The van der Waals surface area contributed by atoms with Gasteiger partial charge in [0.1, 0.15) is 5.82 Å². The number of pyridine rings is 1. The lowest BCUT2D eigenvalue weighted by Gasteiger charge is -2.10. The predicted octanol–water partition coefficient (Wildman–Crippen LogP) is 4.31. The number of aryl methyl sites for hydroxylation is 2. The minimum absolute atomic E-state index is 0.146. The number of anilines is 1. The van der Waals surface area contributed by atoms with Crippen molar-refractivity contribution in [2.45, 2.75) is 25.7 Å². The van der Waals surface area contributed by atoms with E-state index in [9.17, 15) is 9.18 Å². The molecule has 128 valence electrons. The molecule has 1 saturated carbocycles. The Hall–Kier alpha value is -2.28. The van der Waals surface area contributed by atoms with Crippen molar-refractivity contribution < 1.29 is 9.18 Å². The van der Waals surface area contributed by atoms with Gasteiger partial charge >= 0.3 is 0 Å². The fourth-order valence-corrected chi connectivity index (χ4v) is 3.35. The summed E-state index contributed by atoms with van der Waals surface area (Å²) in [5.41, 5.74) is 2.95. The molecule has 0 unspecified atom stereocenters. The Balaban J connectivity index is 1.80. The van der Waals surface area contributed by atoms with Crippen LogP contribution in [0.5, 0.6) is 0 Å². The van der Waals surface area contributed by atoms with Crippen LogP contribution >= 0.6 is 15.9 Å². The molecule has 0 aliphatic heterocycles. The fourth-order valence-electron chi connectivity index (χ4n) is 3.01. The zero-order valence-electron chi connectivity index (χ0n) is 13.8. The third kappa shape index (κ3) is 2.93. The number of fused-ring (bicyclic) bond motifs is 1. The summed E-state index contributed by atoms with van der Waals surface area (Å²) in [6, 6.07) is 6.36. The second-order valence-electron chi connectivity index (χ2n) is 6.35. The number of aromatic nitrogens is 3. The number of benzene rings is 1. The molecule has 0 bridgehead atoms. The molecule has 1 fully saturated rings. The number of carbonyl (C=O) groups is 1. The molecule has 1 aliphatic carbocycles. The van der Waals surface area contributed by atoms with E-state index in [0.717, 1.165) is 24.2 Å². The van der Waals surface area contributed by atoms with Gasteiger partial charge in [0, 0.05) is 23.1 Å². The van der Waals surface area contributed by atoms with Gasteiger partial charge in [-0.05, 0) is 44.0 Å². The topological polar surface area (TPSA) is 59.8 Å². The molecule has 5 nitrogen and oxygen atoms in total. The Morgan fingerprint density at radius 1 is 1.36 bits per heavy atom. The molecule has 4 rings (SSSR count). The van der Waals surface area contributed by atoms with E-state index in [4.69, 9.17) is 0 Å². The van der Waals surface area contributed by atoms with Gasteiger partial charge in [-0.15, -0.1) is 0 Å². The van der Waals surface area contributed by atoms with Crippen LogP contribution in [0.25, 0.3) is 11.0 Å². The molecule has 25 heavy (non-hydrogen) atoms. The van der Waals surface area contributed by atoms with E-state index in [0.29, 0.717) is 27.0 Å². The van der Waals surface area contributed by atoms with Gasteiger partial charge in [-0.2, -0.15) is 5.10 Å². The van der Waals surface area contributed by atoms with Crippen molar-refractivity contribution in [1.82, 2.24) is 14.8 Å². The van der Waals surface area contributed by atoms with Crippen LogP contribution in [-0.2, 0) is 7.05 Å². The highest BCUT2D eigenvalue weighted by molar-refractivity contribution is 9.10. The first kappa shape index (κ1) is 16.2. The summed E-state index contributed by atoms with van der Waals surface area (Å²) in [4.78, 5) is 17.5. The molecule has 0 atom stereocenters. The third-order valence-corrected chi connectivity index (χ3v) is 4.90. The van der Waals surface area contributed by atoms with Crippen molar-refractivity contribution in [2.24, 2.45) is 7.05 Å². The molecule has 1 aromatic carbocycles. The van der Waals surface area contributed by atoms with Crippen molar-refractivity contribution in [1.29, 1.82) is 0 Å². The SMILES string of the molecule is Cc1nn(C)c2nc(C3CC3)cc(C(=O)Nc3ccc(Br)cc3F)c12. The van der Waals surface area contributed by atoms with Gasteiger partial charge < -0.3 is 5.32 Å². The molecule has 0 saturated heterocycles. The first-order chi connectivity index (χ1) is 11.9. The Morgan fingerprint density at radius 3 is 2.80 bits per heavy atom. The minimum Gasteiger partial charge on any atom is -0.319 e. The highest BCUT2D eigenvalue weighted by Gasteiger charge is 2.28. The fraction of sp³-hybridized carbons (Fsp3) is 0.278. The Morgan fingerprint density at radius 2 is 2.12 bits per heavy atom. The highest BCUT2D eigenvalue weighted by atomic mass is 79.9. The van der Waals surface area contributed by atoms with Crippen LogP contribution in [0.3, 0.4) is 0 Å². The molecule has 2 heterocycles. The van der Waals surface area contributed by atoms with Gasteiger partial charge in [-0.25, -0.2) is 9.37 Å². The number of rotatable bonds is 3. The molecule has 0 radical (unpaired) electrons. The number of halogens is 2. The van der Waals surface area contributed by atoms with Gasteiger partial charge in [0.25, 0.3) is 5.91 Å². The van der Waals surface area contributed by atoms with Crippen LogP contribution < -0.4 is 5.32 Å². The molecule has 3 aromatic rings. The van der Waals surface area contributed by atoms with Crippen molar-refractivity contribution >= 4 is 38.6 Å². The first-order valence-electron chi connectivity index (χ1n) is 8.04. The van der Waals surface area contributed by atoms with Gasteiger partial charge in [0.2, 0.25) is 0 Å². The smallest absolute Gasteiger partial charge is 0.256 e. The molecule has 2 aromatic heterocycles. The van der Waals surface area contributed by atoms with Crippen LogP contribution in [0.2, 0.25) is 0 Å². The summed E-state index contributed by atoms with van der Waals surface area (Å²) in [5, 5.41) is 7.76. The molecule has 1 amide bonds. The summed E-state index contributed by atoms with van der Waals surface area (Å²) in [6.07, 6.45) is 2.16. The number of nitrogens with one attached hydrogen (secondary N) is 1. The third-order valence-electron chi connectivity index (χ3n) is 4.41. The van der Waals surface area contributed by atoms with Crippen molar-refractivity contribution in [2.75, 3.05) is 5.32 Å². The summed E-state index contributed by atoms with van der Waals surface area (Å²) >= 11 is 3.21. The van der Waals surface area contributed by atoms with Crippen LogP contribution in [0.15, 0.2) is 28.7 Å². The second kappa shape index (κ2) is 5.91. The Bertz CT molecular complexity index is 1010. The van der Waals surface area contributed by atoms with E-state index < -0.39 is 5.82 Å². The zero-order chi connectivity index (χ0) is 17.7. The largest absolute Gasteiger partial charge is 0.319 e. The van der Waals surface area contributed by atoms with E-state index >= 15 is 0 Å². The molecule has 1 N–H and O–H groups in total. The van der Waals surface area contributed by atoms with Gasteiger partial charge in [-0.3, -0.25) is 9.48 Å². The summed E-state index contributed by atoms with van der Waals surface area (Å²) in [6.45, 7) is 1.85. The Kier molecular flexibility index (Phi) is 3.83. The summed E-state index contributed by atoms with van der Waals surface area (Å²) < 4.78 is 16.4. The lowest BCUT2D eigenvalue weighted by molar-refractivity contribution is 0.102. The second-order valence-corrected chi connectivity index (χ2v) is 7.27. The number of amides is 1. The molecular weight excluding hydrogens is 387 g/mol. The lowest BCUT2D eigenvalue weighted by Crippen LogP contribution is -2.14. The average Bonchev–Trinajstić information content (AvgIpc) is 3.37. The minimum atomic E-state index is -0.488.